The molecule has 8 nitrogen and oxygen atoms in total. The van der Waals surface area contributed by atoms with E-state index in [-0.39, 0.29) is 12.3 Å². The molecule has 0 unspecified atom stereocenters. The van der Waals surface area contributed by atoms with Crippen LogP contribution in [0, 0.1) is 0 Å². The molecule has 8 heteroatoms. The summed E-state index contributed by atoms with van der Waals surface area (Å²) < 4.78 is 2.03. The van der Waals surface area contributed by atoms with Crippen molar-refractivity contribution in [3.8, 4) is 0 Å². The number of benzene rings is 1. The molecule has 2 aromatic rings. The Balaban J connectivity index is 1.42. The Morgan fingerprint density at radius 3 is 2.91 bits per heavy atom. The highest BCUT2D eigenvalue weighted by Gasteiger charge is 2.30. The number of aryl methyl sites for hydroxylation is 1. The van der Waals surface area contributed by atoms with E-state index in [4.69, 9.17) is 0 Å². The number of nitrogens with one attached hydrogen (secondary N) is 3. The van der Waals surface area contributed by atoms with Crippen LogP contribution in [0.4, 0.5) is 4.79 Å². The number of aromatic nitrogens is 2. The first kappa shape index (κ1) is 15.0. The topological polar surface area (TPSA) is 105 Å². The maximum Gasteiger partial charge on any atom is 0.322 e. The molecule has 120 valence electrons. The number of para-hydroxylation sites is 2. The second kappa shape index (κ2) is 6.47. The third-order valence-electron chi connectivity index (χ3n) is 3.67. The monoisotopic (exact) mass is 315 g/mol. The number of imidazole rings is 1. The van der Waals surface area contributed by atoms with E-state index >= 15 is 0 Å². The van der Waals surface area contributed by atoms with E-state index in [0.29, 0.717) is 6.54 Å². The maximum atomic E-state index is 11.8. The van der Waals surface area contributed by atoms with Gasteiger partial charge in [0.15, 0.2) is 0 Å². The lowest BCUT2D eigenvalue weighted by Crippen LogP contribution is -2.36. The molecule has 0 radical (unpaired) electrons. The van der Waals surface area contributed by atoms with Crippen molar-refractivity contribution in [1.82, 2.24) is 25.5 Å². The Kier molecular flexibility index (Phi) is 4.22. The average Bonchev–Trinajstić information content (AvgIpc) is 3.07. The van der Waals surface area contributed by atoms with Crippen LogP contribution in [-0.4, -0.2) is 40.0 Å². The number of nitrogens with zero attached hydrogens (tertiary/aromatic N) is 2. The smallest absolute Gasteiger partial charge is 0.322 e. The Morgan fingerprint density at radius 1 is 1.30 bits per heavy atom. The number of hydrogen-bond acceptors (Lipinski definition) is 4. The molecule has 1 atom stereocenters. The van der Waals surface area contributed by atoms with Gasteiger partial charge in [-0.1, -0.05) is 12.1 Å². The van der Waals surface area contributed by atoms with Crippen molar-refractivity contribution in [3.05, 3.63) is 30.6 Å². The fraction of sp³-hybridized carbons (Fsp3) is 0.333. The zero-order valence-corrected chi connectivity index (χ0v) is 12.4. The molecule has 1 fully saturated rings. The normalized spacial score (nSPS) is 17.1. The number of carbonyl (C=O) groups is 3. The van der Waals surface area contributed by atoms with E-state index in [2.05, 4.69) is 20.9 Å². The minimum atomic E-state index is -0.778. The highest BCUT2D eigenvalue weighted by molar-refractivity contribution is 6.05. The van der Waals surface area contributed by atoms with Crippen molar-refractivity contribution < 1.29 is 14.4 Å². The van der Waals surface area contributed by atoms with E-state index in [9.17, 15) is 14.4 Å². The van der Waals surface area contributed by atoms with Gasteiger partial charge in [0.05, 0.1) is 23.8 Å². The van der Waals surface area contributed by atoms with Gasteiger partial charge in [0, 0.05) is 13.1 Å². The molecule has 1 aliphatic rings. The molecule has 0 aliphatic carbocycles. The standard InChI is InChI=1S/C15H17N5O3/c21-13(8-11-14(22)19-15(23)18-11)16-6-3-7-20-9-17-10-4-1-2-5-12(10)20/h1-2,4-5,9,11H,3,6-8H2,(H,16,21)(H2,18,19,22,23)/t11-/m0/s1. The van der Waals surface area contributed by atoms with Crippen molar-refractivity contribution in [1.29, 1.82) is 0 Å². The summed E-state index contributed by atoms with van der Waals surface area (Å²) in [5.41, 5.74) is 2.00. The molecular weight excluding hydrogens is 298 g/mol. The Morgan fingerprint density at radius 2 is 2.13 bits per heavy atom. The van der Waals surface area contributed by atoms with Gasteiger partial charge in [0.25, 0.3) is 5.91 Å². The fourth-order valence-corrected chi connectivity index (χ4v) is 2.53. The fourth-order valence-electron chi connectivity index (χ4n) is 2.53. The van der Waals surface area contributed by atoms with E-state index in [1.807, 2.05) is 28.8 Å². The van der Waals surface area contributed by atoms with E-state index in [1.165, 1.54) is 0 Å². The van der Waals surface area contributed by atoms with Gasteiger partial charge in [-0.25, -0.2) is 9.78 Å². The highest BCUT2D eigenvalue weighted by atomic mass is 16.2. The van der Waals surface area contributed by atoms with Gasteiger partial charge in [-0.15, -0.1) is 0 Å². The molecule has 3 rings (SSSR count). The molecule has 0 saturated carbocycles. The molecule has 1 aromatic carbocycles. The molecule has 23 heavy (non-hydrogen) atoms. The van der Waals surface area contributed by atoms with Gasteiger partial charge >= 0.3 is 6.03 Å². The molecule has 4 amide bonds. The number of imide groups is 1. The number of urea groups is 1. The van der Waals surface area contributed by atoms with Crippen LogP contribution in [0.1, 0.15) is 12.8 Å². The van der Waals surface area contributed by atoms with Crippen LogP contribution in [-0.2, 0) is 16.1 Å². The third kappa shape index (κ3) is 3.47. The first-order valence-electron chi connectivity index (χ1n) is 7.41. The van der Waals surface area contributed by atoms with Crippen LogP contribution >= 0.6 is 0 Å². The summed E-state index contributed by atoms with van der Waals surface area (Å²) in [7, 11) is 0. The zero-order valence-electron chi connectivity index (χ0n) is 12.4. The summed E-state index contributed by atoms with van der Waals surface area (Å²) in [6.45, 7) is 1.23. The lowest BCUT2D eigenvalue weighted by Gasteiger charge is -2.09. The van der Waals surface area contributed by atoms with Crippen molar-refractivity contribution in [2.45, 2.75) is 25.4 Å². The SMILES string of the molecule is O=C(C[C@@H]1NC(=O)NC1=O)NCCCn1cnc2ccccc21. The number of carbonyl (C=O) groups excluding carboxylic acids is 3. The van der Waals surface area contributed by atoms with Crippen LogP contribution in [0.15, 0.2) is 30.6 Å². The Hall–Kier alpha value is -2.90. The Bertz CT molecular complexity index is 754. The summed E-state index contributed by atoms with van der Waals surface area (Å²) >= 11 is 0. The molecule has 1 aromatic heterocycles. The average molecular weight is 315 g/mol. The second-order valence-electron chi connectivity index (χ2n) is 5.35. The molecule has 0 bridgehead atoms. The van der Waals surface area contributed by atoms with Gasteiger partial charge < -0.3 is 15.2 Å². The van der Waals surface area contributed by atoms with Gasteiger partial charge in [0.2, 0.25) is 5.91 Å². The maximum absolute atomic E-state index is 11.8. The van der Waals surface area contributed by atoms with Gasteiger partial charge in [0.1, 0.15) is 6.04 Å². The minimum Gasteiger partial charge on any atom is -0.356 e. The quantitative estimate of drug-likeness (QED) is 0.521. The largest absolute Gasteiger partial charge is 0.356 e. The Labute approximate surface area is 132 Å². The van der Waals surface area contributed by atoms with Crippen LogP contribution in [0.2, 0.25) is 0 Å². The molecular formula is C15H17N5O3. The molecule has 2 heterocycles. The number of amides is 4. The van der Waals surface area contributed by atoms with Crippen molar-refractivity contribution in [2.24, 2.45) is 0 Å². The predicted molar refractivity (Wildman–Crippen MR) is 82.4 cm³/mol. The minimum absolute atomic E-state index is 0.0500. The van der Waals surface area contributed by atoms with E-state index < -0.39 is 18.0 Å². The second-order valence-corrected chi connectivity index (χ2v) is 5.35. The summed E-state index contributed by atoms with van der Waals surface area (Å²) in [6, 6.07) is 6.53. The van der Waals surface area contributed by atoms with Crippen LogP contribution in [0.3, 0.4) is 0 Å². The van der Waals surface area contributed by atoms with Crippen LogP contribution in [0.5, 0.6) is 0 Å². The van der Waals surface area contributed by atoms with E-state index in [1.54, 1.807) is 6.33 Å². The van der Waals surface area contributed by atoms with Crippen molar-refractivity contribution in [3.63, 3.8) is 0 Å². The molecule has 1 saturated heterocycles. The zero-order chi connectivity index (χ0) is 16.2. The van der Waals surface area contributed by atoms with Gasteiger partial charge in [-0.05, 0) is 18.6 Å². The van der Waals surface area contributed by atoms with Crippen molar-refractivity contribution in [2.75, 3.05) is 6.54 Å². The first-order chi connectivity index (χ1) is 11.1. The molecule has 1 aliphatic heterocycles. The number of fused-ring (bicyclic) bond motifs is 1. The van der Waals surface area contributed by atoms with Crippen LogP contribution in [0.25, 0.3) is 11.0 Å². The number of hydrogen-bond donors (Lipinski definition) is 3. The summed E-state index contributed by atoms with van der Waals surface area (Å²) in [5, 5.41) is 7.24. The lowest BCUT2D eigenvalue weighted by atomic mass is 10.2. The predicted octanol–water partition coefficient (Wildman–Crippen LogP) is 0.141. The molecule has 3 N–H and O–H groups in total. The molecule has 0 spiro atoms. The third-order valence-corrected chi connectivity index (χ3v) is 3.67. The van der Waals surface area contributed by atoms with E-state index in [0.717, 1.165) is 24.0 Å². The summed E-state index contributed by atoms with van der Waals surface area (Å²) in [4.78, 5) is 38.4. The van der Waals surface area contributed by atoms with Gasteiger partial charge in [-0.2, -0.15) is 0 Å². The number of rotatable bonds is 6. The van der Waals surface area contributed by atoms with Crippen LogP contribution < -0.4 is 16.0 Å². The lowest BCUT2D eigenvalue weighted by molar-refractivity contribution is -0.126. The highest BCUT2D eigenvalue weighted by Crippen LogP contribution is 2.11. The summed E-state index contributed by atoms with van der Waals surface area (Å²) in [5.74, 6) is -0.724. The first-order valence-corrected chi connectivity index (χ1v) is 7.41. The summed E-state index contributed by atoms with van der Waals surface area (Å²) in [6.07, 6.45) is 2.48. The van der Waals surface area contributed by atoms with Gasteiger partial charge in [-0.3, -0.25) is 14.9 Å². The van der Waals surface area contributed by atoms with Crippen molar-refractivity contribution >= 4 is 28.9 Å².